The van der Waals surface area contributed by atoms with Crippen LogP contribution in [-0.2, 0) is 0 Å². The van der Waals surface area contributed by atoms with E-state index in [1.54, 1.807) is 12.1 Å². The van der Waals surface area contributed by atoms with E-state index in [1.165, 1.54) is 0 Å². The molecule has 1 aromatic rings. The molecule has 1 amide bonds. The Labute approximate surface area is 114 Å². The Morgan fingerprint density at radius 3 is 2.56 bits per heavy atom. The number of hydrogen-bond donors (Lipinski definition) is 1. The van der Waals surface area contributed by atoms with Crippen molar-refractivity contribution < 1.29 is 4.79 Å². The molecule has 0 radical (unpaired) electrons. The van der Waals surface area contributed by atoms with Gasteiger partial charge < -0.3 is 10.2 Å². The van der Waals surface area contributed by atoms with Crippen LogP contribution >= 0.6 is 11.6 Å². The van der Waals surface area contributed by atoms with Crippen molar-refractivity contribution in [3.8, 4) is 0 Å². The van der Waals surface area contributed by atoms with Crippen LogP contribution in [-0.4, -0.2) is 37.0 Å². The number of amides is 1. The van der Waals surface area contributed by atoms with Gasteiger partial charge in [0.05, 0.1) is 10.6 Å². The smallest absolute Gasteiger partial charge is 0.252 e. The Bertz CT molecular complexity index is 403. The summed E-state index contributed by atoms with van der Waals surface area (Å²) in [6.07, 6.45) is 0. The molecule has 0 unspecified atom stereocenters. The van der Waals surface area contributed by atoms with E-state index in [2.05, 4.69) is 24.1 Å². The number of benzene rings is 1. The van der Waals surface area contributed by atoms with E-state index in [0.717, 1.165) is 25.2 Å². The molecule has 0 bridgehead atoms. The molecule has 0 aliphatic heterocycles. The van der Waals surface area contributed by atoms with E-state index in [9.17, 15) is 4.79 Å². The molecule has 1 aromatic carbocycles. The average Bonchev–Trinajstić information content (AvgIpc) is 2.34. The summed E-state index contributed by atoms with van der Waals surface area (Å²) in [6.45, 7) is 9.68. The number of likely N-dealkylation sites (N-methyl/N-ethyl adjacent to an activating group) is 1. The summed E-state index contributed by atoms with van der Waals surface area (Å²) < 4.78 is 0. The number of nitrogens with zero attached hydrogens (tertiary/aromatic N) is 1. The third-order valence-corrected chi connectivity index (χ3v) is 3.29. The van der Waals surface area contributed by atoms with Crippen molar-refractivity contribution in [3.63, 3.8) is 0 Å². The van der Waals surface area contributed by atoms with E-state index in [0.29, 0.717) is 17.1 Å². The molecule has 0 atom stereocenters. The fraction of sp³-hybridized carbons (Fsp3) is 0.500. The lowest BCUT2D eigenvalue weighted by Gasteiger charge is -2.18. The van der Waals surface area contributed by atoms with Gasteiger partial charge in [-0.05, 0) is 37.7 Å². The van der Waals surface area contributed by atoms with Gasteiger partial charge in [-0.2, -0.15) is 0 Å². The van der Waals surface area contributed by atoms with Crippen molar-refractivity contribution >= 4 is 17.5 Å². The number of carbonyl (C=O) groups is 1. The van der Waals surface area contributed by atoms with Gasteiger partial charge in [0.2, 0.25) is 0 Å². The maximum absolute atomic E-state index is 11.9. The lowest BCUT2D eigenvalue weighted by Crippen LogP contribution is -2.34. The molecular weight excluding hydrogens is 248 g/mol. The van der Waals surface area contributed by atoms with Gasteiger partial charge in [-0.3, -0.25) is 4.79 Å². The topological polar surface area (TPSA) is 32.3 Å². The Morgan fingerprint density at radius 2 is 2.00 bits per heavy atom. The highest BCUT2D eigenvalue weighted by atomic mass is 35.5. The molecule has 0 spiro atoms. The Balaban J connectivity index is 2.50. The van der Waals surface area contributed by atoms with Crippen molar-refractivity contribution in [1.82, 2.24) is 10.2 Å². The second-order valence-corrected chi connectivity index (χ2v) is 4.67. The third kappa shape index (κ3) is 4.31. The highest BCUT2D eigenvalue weighted by Gasteiger charge is 2.09. The van der Waals surface area contributed by atoms with Crippen LogP contribution < -0.4 is 5.32 Å². The maximum Gasteiger partial charge on any atom is 0.252 e. The normalized spacial score (nSPS) is 10.7. The van der Waals surface area contributed by atoms with Gasteiger partial charge >= 0.3 is 0 Å². The molecule has 0 aromatic heterocycles. The highest BCUT2D eigenvalue weighted by molar-refractivity contribution is 6.33. The molecule has 4 heteroatoms. The predicted octanol–water partition coefficient (Wildman–Crippen LogP) is 2.72. The number of nitrogens with one attached hydrogen (secondary N) is 1. The van der Waals surface area contributed by atoms with Crippen LogP contribution in [0.15, 0.2) is 18.2 Å². The van der Waals surface area contributed by atoms with Gasteiger partial charge in [0.1, 0.15) is 0 Å². The van der Waals surface area contributed by atoms with Gasteiger partial charge in [-0.1, -0.05) is 31.5 Å². The second kappa shape index (κ2) is 7.39. The predicted molar refractivity (Wildman–Crippen MR) is 76.3 cm³/mol. The van der Waals surface area contributed by atoms with Crippen LogP contribution in [0.2, 0.25) is 5.02 Å². The SMILES string of the molecule is CCN(CC)CCNC(=O)c1ccc(C)cc1Cl. The van der Waals surface area contributed by atoms with Gasteiger partial charge in [-0.25, -0.2) is 0 Å². The minimum absolute atomic E-state index is 0.104. The first kappa shape index (κ1) is 15.0. The summed E-state index contributed by atoms with van der Waals surface area (Å²) in [7, 11) is 0. The van der Waals surface area contributed by atoms with Gasteiger partial charge in [0.15, 0.2) is 0 Å². The lowest BCUT2D eigenvalue weighted by molar-refractivity contribution is 0.0949. The second-order valence-electron chi connectivity index (χ2n) is 4.27. The summed E-state index contributed by atoms with van der Waals surface area (Å²) in [6, 6.07) is 5.47. The van der Waals surface area contributed by atoms with Crippen LogP contribution in [0, 0.1) is 6.92 Å². The molecule has 0 aliphatic rings. The van der Waals surface area contributed by atoms with Crippen molar-refractivity contribution in [1.29, 1.82) is 0 Å². The van der Waals surface area contributed by atoms with E-state index in [1.807, 2.05) is 13.0 Å². The van der Waals surface area contributed by atoms with E-state index in [-0.39, 0.29) is 5.91 Å². The van der Waals surface area contributed by atoms with Crippen molar-refractivity contribution in [2.75, 3.05) is 26.2 Å². The number of carbonyl (C=O) groups excluding carboxylic acids is 1. The molecule has 0 saturated heterocycles. The zero-order valence-corrected chi connectivity index (χ0v) is 12.0. The van der Waals surface area contributed by atoms with Crippen LogP contribution in [0.3, 0.4) is 0 Å². The molecule has 0 fully saturated rings. The van der Waals surface area contributed by atoms with Crippen molar-refractivity contribution in [2.45, 2.75) is 20.8 Å². The summed E-state index contributed by atoms with van der Waals surface area (Å²) in [5.74, 6) is -0.104. The van der Waals surface area contributed by atoms with E-state index < -0.39 is 0 Å². The fourth-order valence-corrected chi connectivity index (χ4v) is 2.09. The highest BCUT2D eigenvalue weighted by Crippen LogP contribution is 2.17. The van der Waals surface area contributed by atoms with Gasteiger partial charge in [0.25, 0.3) is 5.91 Å². The molecule has 1 rings (SSSR count). The van der Waals surface area contributed by atoms with Crippen molar-refractivity contribution in [3.05, 3.63) is 34.3 Å². The first-order chi connectivity index (χ1) is 8.58. The number of aryl methyl sites for hydroxylation is 1. The molecule has 0 heterocycles. The Morgan fingerprint density at radius 1 is 1.33 bits per heavy atom. The minimum Gasteiger partial charge on any atom is -0.351 e. The summed E-state index contributed by atoms with van der Waals surface area (Å²) in [4.78, 5) is 14.2. The molecule has 3 nitrogen and oxygen atoms in total. The monoisotopic (exact) mass is 268 g/mol. The van der Waals surface area contributed by atoms with Crippen LogP contribution in [0.1, 0.15) is 29.8 Å². The van der Waals surface area contributed by atoms with E-state index >= 15 is 0 Å². The van der Waals surface area contributed by atoms with Gasteiger partial charge in [-0.15, -0.1) is 0 Å². The standard InChI is InChI=1S/C14H21ClN2O/c1-4-17(5-2)9-8-16-14(18)12-7-6-11(3)10-13(12)15/h6-7,10H,4-5,8-9H2,1-3H3,(H,16,18). The van der Waals surface area contributed by atoms with Crippen LogP contribution in [0.5, 0.6) is 0 Å². The zero-order valence-electron chi connectivity index (χ0n) is 11.3. The third-order valence-electron chi connectivity index (χ3n) is 2.98. The van der Waals surface area contributed by atoms with Gasteiger partial charge in [0, 0.05) is 13.1 Å². The van der Waals surface area contributed by atoms with Crippen LogP contribution in [0.4, 0.5) is 0 Å². The first-order valence-electron chi connectivity index (χ1n) is 6.35. The largest absolute Gasteiger partial charge is 0.351 e. The quantitative estimate of drug-likeness (QED) is 0.860. The summed E-state index contributed by atoms with van der Waals surface area (Å²) >= 11 is 6.05. The number of halogens is 1. The number of hydrogen-bond acceptors (Lipinski definition) is 2. The Kier molecular flexibility index (Phi) is 6.16. The molecular formula is C14H21ClN2O. The Hall–Kier alpha value is -1.06. The molecule has 100 valence electrons. The van der Waals surface area contributed by atoms with Crippen molar-refractivity contribution in [2.24, 2.45) is 0 Å². The molecule has 1 N–H and O–H groups in total. The zero-order chi connectivity index (χ0) is 13.5. The van der Waals surface area contributed by atoms with E-state index in [4.69, 9.17) is 11.6 Å². The maximum atomic E-state index is 11.9. The minimum atomic E-state index is -0.104. The number of rotatable bonds is 6. The lowest BCUT2D eigenvalue weighted by atomic mass is 10.1. The molecule has 0 aliphatic carbocycles. The first-order valence-corrected chi connectivity index (χ1v) is 6.73. The summed E-state index contributed by atoms with van der Waals surface area (Å²) in [5, 5.41) is 3.40. The molecule has 18 heavy (non-hydrogen) atoms. The average molecular weight is 269 g/mol. The fourth-order valence-electron chi connectivity index (χ4n) is 1.77. The van der Waals surface area contributed by atoms with Crippen LogP contribution in [0.25, 0.3) is 0 Å². The summed E-state index contributed by atoms with van der Waals surface area (Å²) in [5.41, 5.74) is 1.60. The molecule has 0 saturated carbocycles.